The van der Waals surface area contributed by atoms with Crippen LogP contribution in [0.2, 0.25) is 0 Å². The molecule has 0 saturated carbocycles. The molecule has 0 spiro atoms. The number of carbonyl (C=O) groups is 1. The maximum Gasteiger partial charge on any atom is 0.320 e. The molecule has 220 valence electrons. The van der Waals surface area contributed by atoms with E-state index in [4.69, 9.17) is 9.47 Å². The summed E-state index contributed by atoms with van der Waals surface area (Å²) in [5, 5.41) is 20.0. The van der Waals surface area contributed by atoms with Crippen molar-refractivity contribution in [2.45, 2.75) is 31.9 Å². The molecule has 9 nitrogen and oxygen atoms in total. The fourth-order valence-electron chi connectivity index (χ4n) is 4.59. The van der Waals surface area contributed by atoms with E-state index >= 15 is 0 Å². The summed E-state index contributed by atoms with van der Waals surface area (Å²) in [6, 6.07) is 11.8. The molecular weight excluding hydrogens is 567 g/mol. The molecule has 1 fully saturated rings. The maximum atomic E-state index is 14.0. The van der Waals surface area contributed by atoms with Gasteiger partial charge in [0.2, 0.25) is 5.88 Å². The van der Waals surface area contributed by atoms with Gasteiger partial charge in [0, 0.05) is 38.7 Å². The van der Waals surface area contributed by atoms with Crippen LogP contribution in [-0.2, 0) is 4.74 Å². The summed E-state index contributed by atoms with van der Waals surface area (Å²) < 4.78 is 40.4. The van der Waals surface area contributed by atoms with Crippen LogP contribution in [0.1, 0.15) is 24.0 Å². The van der Waals surface area contributed by atoms with Gasteiger partial charge in [-0.1, -0.05) is 18.2 Å². The highest BCUT2D eigenvalue weighted by atomic mass is 35.5. The smallest absolute Gasteiger partial charge is 0.320 e. The average molecular weight is 603 g/mol. The number of nitrogens with zero attached hydrogens (tertiary/aromatic N) is 3. The number of urea groups is 1. The number of para-hydroxylation sites is 1. The molecule has 1 aromatic heterocycles. The van der Waals surface area contributed by atoms with Crippen molar-refractivity contribution in [1.82, 2.24) is 20.0 Å². The molecule has 0 unspecified atom stereocenters. The number of aliphatic hydroxyl groups excluding tert-OH is 1. The molecule has 1 aliphatic heterocycles. The summed E-state index contributed by atoms with van der Waals surface area (Å²) in [5.41, 5.74) is 1.77. The van der Waals surface area contributed by atoms with E-state index in [0.717, 1.165) is 6.07 Å². The summed E-state index contributed by atoms with van der Waals surface area (Å²) >= 11 is 0. The Bertz CT molecular complexity index is 1230. The fraction of sp³-hybridized carbons (Fsp3) is 0.407. The third-order valence-corrected chi connectivity index (χ3v) is 6.41. The second-order valence-corrected chi connectivity index (χ2v) is 9.45. The number of halogens is 4. The predicted octanol–water partition coefficient (Wildman–Crippen LogP) is 4.30. The number of aromatic nitrogens is 2. The van der Waals surface area contributed by atoms with Crippen molar-refractivity contribution in [2.75, 3.05) is 45.3 Å². The molecule has 1 aliphatic rings. The molecule has 0 bridgehead atoms. The molecule has 3 N–H and O–H groups in total. The lowest BCUT2D eigenvalue weighted by Crippen LogP contribution is -2.42. The van der Waals surface area contributed by atoms with Gasteiger partial charge in [0.1, 0.15) is 24.1 Å². The minimum absolute atomic E-state index is 0. The molecule has 2 aromatic carbocycles. The number of hydrogen-bond donors (Lipinski definition) is 3. The average Bonchev–Trinajstić information content (AvgIpc) is 3.42. The van der Waals surface area contributed by atoms with E-state index in [2.05, 4.69) is 20.6 Å². The molecule has 0 radical (unpaired) electrons. The number of aliphatic hydroxyl groups is 1. The number of hydrogen-bond acceptors (Lipinski definition) is 6. The third kappa shape index (κ3) is 8.28. The largest absolute Gasteiger partial charge is 0.474 e. The zero-order valence-corrected chi connectivity index (χ0v) is 24.1. The highest BCUT2D eigenvalue weighted by molar-refractivity contribution is 5.90. The van der Waals surface area contributed by atoms with Crippen molar-refractivity contribution in [3.63, 3.8) is 0 Å². The van der Waals surface area contributed by atoms with E-state index < -0.39 is 29.8 Å². The quantitative estimate of drug-likeness (QED) is 0.320. The summed E-state index contributed by atoms with van der Waals surface area (Å²) in [6.07, 6.45) is -0.691. The van der Waals surface area contributed by atoms with Gasteiger partial charge in [-0.2, -0.15) is 0 Å². The zero-order valence-electron chi connectivity index (χ0n) is 22.5. The van der Waals surface area contributed by atoms with Gasteiger partial charge in [-0.15, -0.1) is 29.9 Å². The standard InChI is InChI=1S/C27H33F2N5O4.2ClH/c1-17(35)16-38-26-18(2)25(34(32-26)22-7-5-4-6-8-22)31-27(36)30-24-15-33(9-10-37-3)14-23(24)19-11-20(28)13-21(29)12-19;;/h4-8,11-13,17,23-24,35H,9-10,14-16H2,1-3H3,(H2,30,31,36);2*1H/t17-,23-,24+;;/m0../s1. The first-order valence-corrected chi connectivity index (χ1v) is 12.5. The molecule has 40 heavy (non-hydrogen) atoms. The lowest BCUT2D eigenvalue weighted by molar-refractivity contribution is 0.119. The van der Waals surface area contributed by atoms with Gasteiger partial charge in [-0.3, -0.25) is 10.2 Å². The van der Waals surface area contributed by atoms with Gasteiger partial charge in [0.05, 0.1) is 30.0 Å². The van der Waals surface area contributed by atoms with Crippen LogP contribution in [0.3, 0.4) is 0 Å². The highest BCUT2D eigenvalue weighted by Gasteiger charge is 2.35. The van der Waals surface area contributed by atoms with Crippen LogP contribution < -0.4 is 15.4 Å². The summed E-state index contributed by atoms with van der Waals surface area (Å²) in [6.45, 7) is 5.52. The van der Waals surface area contributed by atoms with Crippen molar-refractivity contribution < 1.29 is 28.2 Å². The minimum Gasteiger partial charge on any atom is -0.474 e. The number of likely N-dealkylation sites (tertiary alicyclic amines) is 1. The van der Waals surface area contributed by atoms with E-state index in [0.29, 0.717) is 48.9 Å². The number of methoxy groups -OCH3 is 1. The van der Waals surface area contributed by atoms with Crippen molar-refractivity contribution in [3.8, 4) is 11.6 Å². The Morgan fingerprint density at radius 3 is 2.45 bits per heavy atom. The number of rotatable bonds is 10. The monoisotopic (exact) mass is 601 g/mol. The predicted molar refractivity (Wildman–Crippen MR) is 153 cm³/mol. The summed E-state index contributed by atoms with van der Waals surface area (Å²) in [5.74, 6) is -0.967. The van der Waals surface area contributed by atoms with Crippen molar-refractivity contribution >= 4 is 36.7 Å². The van der Waals surface area contributed by atoms with Gasteiger partial charge >= 0.3 is 6.03 Å². The first kappa shape index (κ1) is 33.2. The summed E-state index contributed by atoms with van der Waals surface area (Å²) in [7, 11) is 1.61. The molecule has 4 rings (SSSR count). The molecule has 3 aromatic rings. The van der Waals surface area contributed by atoms with Crippen LogP contribution in [0.4, 0.5) is 19.4 Å². The van der Waals surface area contributed by atoms with Crippen LogP contribution in [-0.4, -0.2) is 77.9 Å². The van der Waals surface area contributed by atoms with Crippen LogP contribution >= 0.6 is 24.8 Å². The number of amides is 2. The van der Waals surface area contributed by atoms with Crippen molar-refractivity contribution in [1.29, 1.82) is 0 Å². The fourth-order valence-corrected chi connectivity index (χ4v) is 4.59. The SMILES string of the molecule is COCCN1C[C@@H](NC(=O)Nc2c(C)c(OC[C@H](C)O)nn2-c2ccccc2)[C@H](c2cc(F)cc(F)c2)C1.Cl.Cl. The zero-order chi connectivity index (χ0) is 27.2. The van der Waals surface area contributed by atoms with Gasteiger partial charge in [0.25, 0.3) is 0 Å². The Morgan fingerprint density at radius 1 is 1.15 bits per heavy atom. The van der Waals surface area contributed by atoms with Crippen LogP contribution in [0, 0.1) is 18.6 Å². The number of nitrogens with one attached hydrogen (secondary N) is 2. The highest BCUT2D eigenvalue weighted by Crippen LogP contribution is 2.31. The Labute approximate surface area is 244 Å². The molecular formula is C27H35Cl2F2N5O4. The molecule has 0 aliphatic carbocycles. The second kappa shape index (κ2) is 15.2. The Morgan fingerprint density at radius 2 is 1.82 bits per heavy atom. The lowest BCUT2D eigenvalue weighted by atomic mass is 9.94. The van der Waals surface area contributed by atoms with Gasteiger partial charge < -0.3 is 19.9 Å². The second-order valence-electron chi connectivity index (χ2n) is 9.45. The molecule has 1 saturated heterocycles. The topological polar surface area (TPSA) is 101 Å². The number of anilines is 1. The first-order valence-electron chi connectivity index (χ1n) is 12.5. The minimum atomic E-state index is -0.691. The Kier molecular flexibility index (Phi) is 12.6. The van der Waals surface area contributed by atoms with Crippen molar-refractivity contribution in [2.24, 2.45) is 0 Å². The molecule has 13 heteroatoms. The third-order valence-electron chi connectivity index (χ3n) is 6.41. The van der Waals surface area contributed by atoms with Gasteiger partial charge in [-0.25, -0.2) is 18.3 Å². The number of ether oxygens (including phenoxy) is 2. The van der Waals surface area contributed by atoms with E-state index in [1.807, 2.05) is 30.3 Å². The van der Waals surface area contributed by atoms with Crippen LogP contribution in [0.15, 0.2) is 48.5 Å². The first-order chi connectivity index (χ1) is 18.2. The van der Waals surface area contributed by atoms with Gasteiger partial charge in [-0.05, 0) is 43.7 Å². The van der Waals surface area contributed by atoms with E-state index in [1.165, 1.54) is 12.1 Å². The Hall–Kier alpha value is -2.96. The molecule has 2 amide bonds. The van der Waals surface area contributed by atoms with Crippen molar-refractivity contribution in [3.05, 3.63) is 71.3 Å². The lowest BCUT2D eigenvalue weighted by Gasteiger charge is -2.21. The maximum absolute atomic E-state index is 14.0. The normalized spacial score (nSPS) is 17.4. The number of benzene rings is 2. The van der Waals surface area contributed by atoms with E-state index in [1.54, 1.807) is 25.6 Å². The van der Waals surface area contributed by atoms with E-state index in [9.17, 15) is 18.7 Å². The molecule has 3 atom stereocenters. The number of carbonyl (C=O) groups excluding carboxylic acids is 1. The van der Waals surface area contributed by atoms with Gasteiger partial charge in [0.15, 0.2) is 0 Å². The van der Waals surface area contributed by atoms with Crippen LogP contribution in [0.25, 0.3) is 5.69 Å². The molecule has 2 heterocycles. The van der Waals surface area contributed by atoms with Crippen LogP contribution in [0.5, 0.6) is 5.88 Å². The Balaban J connectivity index is 0.00000280. The summed E-state index contributed by atoms with van der Waals surface area (Å²) in [4.78, 5) is 15.4. The van der Waals surface area contributed by atoms with E-state index in [-0.39, 0.29) is 43.2 Å².